The normalized spacial score (nSPS) is 11.8. The largest absolute Gasteiger partial charge is 0.317 e. The van der Waals surface area contributed by atoms with Gasteiger partial charge in [-0.3, -0.25) is 4.72 Å². The van der Waals surface area contributed by atoms with Crippen molar-refractivity contribution < 1.29 is 8.42 Å². The summed E-state index contributed by atoms with van der Waals surface area (Å²) in [6.07, 6.45) is 1.55. The van der Waals surface area contributed by atoms with Gasteiger partial charge in [-0.05, 0) is 49.5 Å². The molecule has 0 atom stereocenters. The van der Waals surface area contributed by atoms with Crippen molar-refractivity contribution in [2.75, 3.05) is 23.6 Å². The van der Waals surface area contributed by atoms with E-state index in [0.717, 1.165) is 19.5 Å². The summed E-state index contributed by atoms with van der Waals surface area (Å²) in [6, 6.07) is 7.58. The molecule has 0 saturated heterocycles. The molecule has 0 radical (unpaired) electrons. The second-order valence-electron chi connectivity index (χ2n) is 5.26. The topological polar surface area (TPSA) is 58.2 Å². The average molecular weight is 298 g/mol. The minimum atomic E-state index is -3.23. The summed E-state index contributed by atoms with van der Waals surface area (Å²) in [5.41, 5.74) is 1.85. The lowest BCUT2D eigenvalue weighted by molar-refractivity contribution is 0.593. The number of hydrogen-bond donors (Lipinski definition) is 2. The third kappa shape index (κ3) is 6.39. The van der Waals surface area contributed by atoms with Gasteiger partial charge in [-0.1, -0.05) is 32.9 Å². The Bertz CT molecular complexity index is 481. The smallest absolute Gasteiger partial charge is 0.232 e. The monoisotopic (exact) mass is 298 g/mol. The SMILES string of the molecule is CCNCCCCS(=O)(=O)Nc1ccc(C(C)C)cc1. The lowest BCUT2D eigenvalue weighted by atomic mass is 10.0. The van der Waals surface area contributed by atoms with E-state index in [0.29, 0.717) is 18.0 Å². The number of nitrogens with one attached hydrogen (secondary N) is 2. The highest BCUT2D eigenvalue weighted by molar-refractivity contribution is 7.92. The molecule has 20 heavy (non-hydrogen) atoms. The van der Waals surface area contributed by atoms with Crippen LogP contribution in [0.5, 0.6) is 0 Å². The Labute approximate surface area is 123 Å². The lowest BCUT2D eigenvalue weighted by Crippen LogP contribution is -2.19. The van der Waals surface area contributed by atoms with Crippen molar-refractivity contribution in [2.45, 2.75) is 39.5 Å². The summed E-state index contributed by atoms with van der Waals surface area (Å²) in [6.45, 7) is 8.06. The summed E-state index contributed by atoms with van der Waals surface area (Å²) in [5.74, 6) is 0.622. The molecule has 0 aromatic heterocycles. The molecule has 0 fully saturated rings. The molecule has 114 valence electrons. The van der Waals surface area contributed by atoms with E-state index < -0.39 is 10.0 Å². The van der Waals surface area contributed by atoms with Gasteiger partial charge in [0.05, 0.1) is 5.75 Å². The molecule has 0 aliphatic rings. The number of sulfonamides is 1. The van der Waals surface area contributed by atoms with Crippen molar-refractivity contribution in [3.05, 3.63) is 29.8 Å². The molecule has 0 heterocycles. The van der Waals surface area contributed by atoms with Gasteiger partial charge in [-0.25, -0.2) is 8.42 Å². The van der Waals surface area contributed by atoms with Gasteiger partial charge < -0.3 is 5.32 Å². The third-order valence-electron chi connectivity index (χ3n) is 3.12. The standard InChI is InChI=1S/C15H26N2O2S/c1-4-16-11-5-6-12-20(18,19)17-15-9-7-14(8-10-15)13(2)3/h7-10,13,16-17H,4-6,11-12H2,1-3H3. The van der Waals surface area contributed by atoms with Crippen molar-refractivity contribution in [3.8, 4) is 0 Å². The van der Waals surface area contributed by atoms with E-state index in [1.807, 2.05) is 31.2 Å². The van der Waals surface area contributed by atoms with Crippen molar-refractivity contribution in [3.63, 3.8) is 0 Å². The molecule has 0 unspecified atom stereocenters. The van der Waals surface area contributed by atoms with Crippen LogP contribution in [0.1, 0.15) is 45.1 Å². The van der Waals surface area contributed by atoms with E-state index >= 15 is 0 Å². The molecule has 1 rings (SSSR count). The minimum Gasteiger partial charge on any atom is -0.317 e. The van der Waals surface area contributed by atoms with E-state index in [4.69, 9.17) is 0 Å². The van der Waals surface area contributed by atoms with Crippen molar-refractivity contribution in [2.24, 2.45) is 0 Å². The van der Waals surface area contributed by atoms with Crippen molar-refractivity contribution >= 4 is 15.7 Å². The Kier molecular flexibility index (Phi) is 7.02. The van der Waals surface area contributed by atoms with Crippen molar-refractivity contribution in [1.82, 2.24) is 5.32 Å². The Morgan fingerprint density at radius 2 is 1.75 bits per heavy atom. The zero-order valence-electron chi connectivity index (χ0n) is 12.6. The fourth-order valence-electron chi connectivity index (χ4n) is 1.89. The Hall–Kier alpha value is -1.07. The zero-order valence-corrected chi connectivity index (χ0v) is 13.5. The third-order valence-corrected chi connectivity index (χ3v) is 4.49. The molecule has 0 spiro atoms. The van der Waals surface area contributed by atoms with Gasteiger partial charge in [0.15, 0.2) is 0 Å². The van der Waals surface area contributed by atoms with Gasteiger partial charge in [0.1, 0.15) is 0 Å². The summed E-state index contributed by atoms with van der Waals surface area (Å²) in [7, 11) is -3.23. The number of hydrogen-bond acceptors (Lipinski definition) is 3. The van der Waals surface area contributed by atoms with Gasteiger partial charge in [-0.15, -0.1) is 0 Å². The molecule has 1 aromatic rings. The maximum atomic E-state index is 11.9. The summed E-state index contributed by atoms with van der Waals surface area (Å²) in [4.78, 5) is 0. The minimum absolute atomic E-state index is 0.171. The molecule has 0 bridgehead atoms. The van der Waals surface area contributed by atoms with Gasteiger partial charge in [0.25, 0.3) is 0 Å². The number of anilines is 1. The first-order valence-electron chi connectivity index (χ1n) is 7.26. The molecule has 0 aliphatic carbocycles. The quantitative estimate of drug-likeness (QED) is 0.689. The molecule has 4 nitrogen and oxygen atoms in total. The van der Waals surface area contributed by atoms with Crippen LogP contribution >= 0.6 is 0 Å². The van der Waals surface area contributed by atoms with E-state index in [2.05, 4.69) is 23.9 Å². The molecule has 1 aromatic carbocycles. The van der Waals surface area contributed by atoms with E-state index in [-0.39, 0.29) is 5.75 Å². The maximum absolute atomic E-state index is 11.9. The Morgan fingerprint density at radius 3 is 2.30 bits per heavy atom. The molecule has 5 heteroatoms. The highest BCUT2D eigenvalue weighted by atomic mass is 32.2. The summed E-state index contributed by atoms with van der Waals surface area (Å²) < 4.78 is 26.5. The molecular formula is C15H26N2O2S. The van der Waals surface area contributed by atoms with Crippen LogP contribution in [0.3, 0.4) is 0 Å². The van der Waals surface area contributed by atoms with Crippen LogP contribution in [0.25, 0.3) is 0 Å². The van der Waals surface area contributed by atoms with E-state index in [9.17, 15) is 8.42 Å². The Balaban J connectivity index is 2.45. The highest BCUT2D eigenvalue weighted by Gasteiger charge is 2.10. The second-order valence-corrected chi connectivity index (χ2v) is 7.10. The van der Waals surface area contributed by atoms with Gasteiger partial charge in [0.2, 0.25) is 10.0 Å². The predicted molar refractivity (Wildman–Crippen MR) is 85.7 cm³/mol. The molecule has 2 N–H and O–H groups in total. The number of benzene rings is 1. The van der Waals surface area contributed by atoms with E-state index in [1.54, 1.807) is 0 Å². The van der Waals surface area contributed by atoms with E-state index in [1.165, 1.54) is 5.56 Å². The molecule has 0 amide bonds. The first-order chi connectivity index (χ1) is 9.44. The fourth-order valence-corrected chi connectivity index (χ4v) is 3.07. The first-order valence-corrected chi connectivity index (χ1v) is 8.91. The van der Waals surface area contributed by atoms with Gasteiger partial charge >= 0.3 is 0 Å². The van der Waals surface area contributed by atoms with Crippen LogP contribution in [0.4, 0.5) is 5.69 Å². The lowest BCUT2D eigenvalue weighted by Gasteiger charge is -2.10. The number of rotatable bonds is 9. The molecule has 0 saturated carbocycles. The van der Waals surface area contributed by atoms with Crippen LogP contribution in [0, 0.1) is 0 Å². The van der Waals surface area contributed by atoms with Gasteiger partial charge in [0, 0.05) is 5.69 Å². The van der Waals surface area contributed by atoms with Crippen LogP contribution in [-0.4, -0.2) is 27.3 Å². The molecule has 0 aliphatic heterocycles. The van der Waals surface area contributed by atoms with Crippen LogP contribution < -0.4 is 10.0 Å². The second kappa shape index (κ2) is 8.27. The van der Waals surface area contributed by atoms with Crippen LogP contribution in [0.15, 0.2) is 24.3 Å². The van der Waals surface area contributed by atoms with Gasteiger partial charge in [-0.2, -0.15) is 0 Å². The first kappa shape index (κ1) is 17.0. The maximum Gasteiger partial charge on any atom is 0.232 e. The highest BCUT2D eigenvalue weighted by Crippen LogP contribution is 2.18. The van der Waals surface area contributed by atoms with Crippen LogP contribution in [0.2, 0.25) is 0 Å². The Morgan fingerprint density at radius 1 is 1.10 bits per heavy atom. The summed E-state index contributed by atoms with van der Waals surface area (Å²) in [5, 5.41) is 3.19. The zero-order chi connectivity index (χ0) is 15.0. The summed E-state index contributed by atoms with van der Waals surface area (Å²) >= 11 is 0. The number of unbranched alkanes of at least 4 members (excludes halogenated alkanes) is 1. The fraction of sp³-hybridized carbons (Fsp3) is 0.600. The van der Waals surface area contributed by atoms with Crippen LogP contribution in [-0.2, 0) is 10.0 Å². The molecular weight excluding hydrogens is 272 g/mol. The predicted octanol–water partition coefficient (Wildman–Crippen LogP) is 2.94. The average Bonchev–Trinajstić information content (AvgIpc) is 2.38. The van der Waals surface area contributed by atoms with Crippen molar-refractivity contribution in [1.29, 1.82) is 0 Å².